The molecule has 0 spiro atoms. The molecule has 0 aromatic rings. The van der Waals surface area contributed by atoms with E-state index in [-0.39, 0.29) is 12.0 Å². The first-order chi connectivity index (χ1) is 9.10. The third-order valence-electron chi connectivity index (χ3n) is 3.07. The molecule has 1 atom stereocenters. The molecule has 110 valence electrons. The van der Waals surface area contributed by atoms with Crippen LogP contribution in [0.1, 0.15) is 13.3 Å². The van der Waals surface area contributed by atoms with Crippen LogP contribution in [0.25, 0.3) is 0 Å². The number of carbonyl (C=O) groups excluding carboxylic acids is 2. The average molecular weight is 289 g/mol. The van der Waals surface area contributed by atoms with Crippen LogP contribution in [0.15, 0.2) is 0 Å². The van der Waals surface area contributed by atoms with Gasteiger partial charge in [0.1, 0.15) is 0 Å². The molecule has 1 rings (SSSR count). The Kier molecular flexibility index (Phi) is 7.01. The molecule has 19 heavy (non-hydrogen) atoms. The van der Waals surface area contributed by atoms with E-state index in [1.807, 2.05) is 6.26 Å². The van der Waals surface area contributed by atoms with Gasteiger partial charge in [0.15, 0.2) is 0 Å². The Morgan fingerprint density at radius 2 is 1.84 bits per heavy atom. The van der Waals surface area contributed by atoms with Gasteiger partial charge in [-0.2, -0.15) is 11.8 Å². The first kappa shape index (κ1) is 16.1. The van der Waals surface area contributed by atoms with Gasteiger partial charge >= 0.3 is 6.09 Å². The molecule has 1 aliphatic rings. The van der Waals surface area contributed by atoms with Crippen molar-refractivity contribution in [3.05, 3.63) is 0 Å². The number of carbonyl (C=O) groups is 2. The van der Waals surface area contributed by atoms with Crippen molar-refractivity contribution in [3.8, 4) is 0 Å². The summed E-state index contributed by atoms with van der Waals surface area (Å²) in [5.74, 6) is 0.868. The summed E-state index contributed by atoms with van der Waals surface area (Å²) < 4.78 is 4.93. The van der Waals surface area contributed by atoms with Crippen LogP contribution in [0.4, 0.5) is 4.79 Å². The number of rotatable bonds is 5. The summed E-state index contributed by atoms with van der Waals surface area (Å²) in [5, 5.41) is 0. The minimum atomic E-state index is -0.429. The van der Waals surface area contributed by atoms with Crippen LogP contribution in [0.5, 0.6) is 0 Å². The third kappa shape index (κ3) is 4.91. The molecule has 2 amide bonds. The molecule has 0 radical (unpaired) electrons. The zero-order valence-corrected chi connectivity index (χ0v) is 12.4. The predicted molar refractivity (Wildman–Crippen MR) is 76.1 cm³/mol. The fourth-order valence-electron chi connectivity index (χ4n) is 1.93. The average Bonchev–Trinajstić information content (AvgIpc) is 2.44. The fraction of sp³-hybridized carbons (Fsp3) is 0.833. The highest BCUT2D eigenvalue weighted by Crippen LogP contribution is 2.07. The number of nitrogens with zero attached hydrogens (tertiary/aromatic N) is 2. The zero-order valence-electron chi connectivity index (χ0n) is 11.6. The number of amides is 2. The summed E-state index contributed by atoms with van der Waals surface area (Å²) in [7, 11) is 0. The number of ether oxygens (including phenoxy) is 1. The molecule has 2 N–H and O–H groups in total. The van der Waals surface area contributed by atoms with Gasteiger partial charge in [0.25, 0.3) is 0 Å². The lowest BCUT2D eigenvalue weighted by molar-refractivity contribution is -0.134. The molecule has 6 nitrogen and oxygen atoms in total. The van der Waals surface area contributed by atoms with Crippen LogP contribution in [0, 0.1) is 0 Å². The molecule has 0 aromatic carbocycles. The Bertz CT molecular complexity index is 307. The molecule has 0 aliphatic carbocycles. The first-order valence-corrected chi connectivity index (χ1v) is 7.94. The largest absolute Gasteiger partial charge is 0.450 e. The summed E-state index contributed by atoms with van der Waals surface area (Å²) in [5.41, 5.74) is 5.87. The van der Waals surface area contributed by atoms with E-state index in [1.165, 1.54) is 0 Å². The predicted octanol–water partition coefficient (Wildman–Crippen LogP) is 0.368. The van der Waals surface area contributed by atoms with Crippen molar-refractivity contribution in [2.24, 2.45) is 5.73 Å². The van der Waals surface area contributed by atoms with Crippen molar-refractivity contribution in [2.45, 2.75) is 19.4 Å². The van der Waals surface area contributed by atoms with E-state index in [2.05, 4.69) is 0 Å². The van der Waals surface area contributed by atoms with Gasteiger partial charge in [0.2, 0.25) is 5.91 Å². The second-order valence-electron chi connectivity index (χ2n) is 4.40. The molecule has 7 heteroatoms. The van der Waals surface area contributed by atoms with Gasteiger partial charge in [0.05, 0.1) is 12.6 Å². The van der Waals surface area contributed by atoms with Crippen LogP contribution in [-0.4, -0.2) is 72.6 Å². The van der Waals surface area contributed by atoms with Crippen molar-refractivity contribution in [1.29, 1.82) is 0 Å². The lowest BCUT2D eigenvalue weighted by Crippen LogP contribution is -2.54. The molecule has 0 bridgehead atoms. The highest BCUT2D eigenvalue weighted by molar-refractivity contribution is 7.98. The monoisotopic (exact) mass is 289 g/mol. The van der Waals surface area contributed by atoms with E-state index < -0.39 is 6.04 Å². The Labute approximate surface area is 118 Å². The van der Waals surface area contributed by atoms with Gasteiger partial charge in [-0.3, -0.25) is 4.79 Å². The molecule has 0 saturated carbocycles. The maximum atomic E-state index is 12.1. The molecule has 1 saturated heterocycles. The number of thioether (sulfide) groups is 1. The highest BCUT2D eigenvalue weighted by atomic mass is 32.2. The fourth-order valence-corrected chi connectivity index (χ4v) is 2.42. The highest BCUT2D eigenvalue weighted by Gasteiger charge is 2.27. The van der Waals surface area contributed by atoms with Gasteiger partial charge < -0.3 is 20.3 Å². The lowest BCUT2D eigenvalue weighted by atomic mass is 10.2. The number of piperazine rings is 1. The number of nitrogens with two attached hydrogens (primary N) is 1. The third-order valence-corrected chi connectivity index (χ3v) is 3.71. The molecule has 0 aromatic heterocycles. The molecular weight excluding hydrogens is 266 g/mol. The molecule has 1 heterocycles. The minimum Gasteiger partial charge on any atom is -0.450 e. The summed E-state index contributed by atoms with van der Waals surface area (Å²) in [4.78, 5) is 26.9. The van der Waals surface area contributed by atoms with Crippen molar-refractivity contribution in [2.75, 3.05) is 44.8 Å². The Morgan fingerprint density at radius 3 is 2.37 bits per heavy atom. The Morgan fingerprint density at radius 1 is 1.26 bits per heavy atom. The number of hydrogen-bond acceptors (Lipinski definition) is 5. The SMILES string of the molecule is CCOC(=O)N1CCN(C(=O)[C@@H](N)CCSC)CC1. The summed E-state index contributed by atoms with van der Waals surface area (Å²) in [6, 6.07) is -0.429. The zero-order chi connectivity index (χ0) is 14.3. The summed E-state index contributed by atoms with van der Waals surface area (Å²) in [6.07, 6.45) is 2.38. The second kappa shape index (κ2) is 8.27. The van der Waals surface area contributed by atoms with Crippen LogP contribution >= 0.6 is 11.8 Å². The molecule has 0 unspecified atom stereocenters. The van der Waals surface area contributed by atoms with Crippen LogP contribution < -0.4 is 5.73 Å². The number of hydrogen-bond donors (Lipinski definition) is 1. The molecule has 1 fully saturated rings. The van der Waals surface area contributed by atoms with E-state index in [1.54, 1.807) is 28.5 Å². The molecular formula is C12H23N3O3S. The first-order valence-electron chi connectivity index (χ1n) is 6.55. The Hall–Kier alpha value is -0.950. The van der Waals surface area contributed by atoms with Crippen LogP contribution in [-0.2, 0) is 9.53 Å². The van der Waals surface area contributed by atoms with E-state index in [9.17, 15) is 9.59 Å². The smallest absolute Gasteiger partial charge is 0.409 e. The van der Waals surface area contributed by atoms with Gasteiger partial charge in [-0.1, -0.05) is 0 Å². The Balaban J connectivity index is 2.36. The van der Waals surface area contributed by atoms with E-state index in [0.29, 0.717) is 39.2 Å². The van der Waals surface area contributed by atoms with Gasteiger partial charge in [-0.05, 0) is 25.4 Å². The summed E-state index contributed by atoms with van der Waals surface area (Å²) >= 11 is 1.68. The van der Waals surface area contributed by atoms with Crippen molar-refractivity contribution in [1.82, 2.24) is 9.80 Å². The maximum absolute atomic E-state index is 12.1. The normalized spacial score (nSPS) is 17.2. The quantitative estimate of drug-likeness (QED) is 0.791. The maximum Gasteiger partial charge on any atom is 0.409 e. The standard InChI is InChI=1S/C12H23N3O3S/c1-3-18-12(17)15-7-5-14(6-8-15)11(16)10(13)4-9-19-2/h10H,3-9,13H2,1-2H3/t10-/m0/s1. The van der Waals surface area contributed by atoms with Crippen molar-refractivity contribution < 1.29 is 14.3 Å². The van der Waals surface area contributed by atoms with Gasteiger partial charge in [-0.25, -0.2) is 4.79 Å². The van der Waals surface area contributed by atoms with Crippen molar-refractivity contribution in [3.63, 3.8) is 0 Å². The topological polar surface area (TPSA) is 75.9 Å². The van der Waals surface area contributed by atoms with Gasteiger partial charge in [-0.15, -0.1) is 0 Å². The molecule has 1 aliphatic heterocycles. The van der Waals surface area contributed by atoms with Crippen molar-refractivity contribution >= 4 is 23.8 Å². The van der Waals surface area contributed by atoms with E-state index in [4.69, 9.17) is 10.5 Å². The second-order valence-corrected chi connectivity index (χ2v) is 5.38. The van der Waals surface area contributed by atoms with Crippen LogP contribution in [0.3, 0.4) is 0 Å². The summed E-state index contributed by atoms with van der Waals surface area (Å²) in [6.45, 7) is 4.24. The lowest BCUT2D eigenvalue weighted by Gasteiger charge is -2.35. The minimum absolute atomic E-state index is 0.0161. The van der Waals surface area contributed by atoms with Gasteiger partial charge in [0, 0.05) is 26.2 Å². The van der Waals surface area contributed by atoms with E-state index >= 15 is 0 Å². The van der Waals surface area contributed by atoms with E-state index in [0.717, 1.165) is 5.75 Å². The van der Waals surface area contributed by atoms with Crippen LogP contribution in [0.2, 0.25) is 0 Å².